The highest BCUT2D eigenvalue weighted by atomic mass is 32.2. The van der Waals surface area contributed by atoms with Gasteiger partial charge in [0.1, 0.15) is 0 Å². The molecule has 0 amide bonds. The zero-order chi connectivity index (χ0) is 18.6. The van der Waals surface area contributed by atoms with Crippen molar-refractivity contribution in [1.29, 1.82) is 0 Å². The minimum absolute atomic E-state index is 0.0498. The molecule has 0 aliphatic carbocycles. The van der Waals surface area contributed by atoms with Crippen LogP contribution in [0.4, 0.5) is 11.4 Å². The Kier molecular flexibility index (Phi) is 5.46. The fourth-order valence-corrected chi connectivity index (χ4v) is 4.23. The number of hydrogen-bond acceptors (Lipinski definition) is 4. The van der Waals surface area contributed by atoms with Gasteiger partial charge >= 0.3 is 5.97 Å². The predicted octanol–water partition coefficient (Wildman–Crippen LogP) is 3.57. The molecule has 1 heterocycles. The van der Waals surface area contributed by atoms with E-state index in [4.69, 9.17) is 0 Å². The van der Waals surface area contributed by atoms with E-state index in [0.29, 0.717) is 0 Å². The van der Waals surface area contributed by atoms with Crippen molar-refractivity contribution in [3.05, 3.63) is 54.1 Å². The van der Waals surface area contributed by atoms with E-state index >= 15 is 0 Å². The van der Waals surface area contributed by atoms with E-state index in [-0.39, 0.29) is 16.1 Å². The molecule has 1 saturated heterocycles. The van der Waals surface area contributed by atoms with Crippen LogP contribution in [0.1, 0.15) is 36.0 Å². The fourth-order valence-electron chi connectivity index (χ4n) is 3.13. The highest BCUT2D eigenvalue weighted by Gasteiger charge is 2.20. The SMILES string of the molecule is O=C(O)c1cc(N2CCCCCC2)ccc1NS(=O)(=O)c1ccccc1. The Labute approximate surface area is 153 Å². The van der Waals surface area contributed by atoms with E-state index in [1.807, 2.05) is 0 Å². The number of sulfonamides is 1. The molecule has 3 rings (SSSR count). The Bertz CT molecular complexity index is 874. The smallest absolute Gasteiger partial charge is 0.337 e. The van der Waals surface area contributed by atoms with Crippen molar-refractivity contribution in [3.8, 4) is 0 Å². The van der Waals surface area contributed by atoms with E-state index < -0.39 is 16.0 Å². The first-order chi connectivity index (χ1) is 12.5. The molecule has 0 bridgehead atoms. The van der Waals surface area contributed by atoms with Gasteiger partial charge in [-0.2, -0.15) is 0 Å². The molecule has 0 radical (unpaired) electrons. The van der Waals surface area contributed by atoms with Crippen LogP contribution >= 0.6 is 0 Å². The van der Waals surface area contributed by atoms with Gasteiger partial charge in [-0.05, 0) is 43.2 Å². The van der Waals surface area contributed by atoms with Crippen LogP contribution in [0.25, 0.3) is 0 Å². The second-order valence-corrected chi connectivity index (χ2v) is 8.04. The normalized spacial score (nSPS) is 15.3. The zero-order valence-corrected chi connectivity index (χ0v) is 15.2. The molecule has 1 fully saturated rings. The van der Waals surface area contributed by atoms with Crippen molar-refractivity contribution in [2.24, 2.45) is 0 Å². The molecule has 2 N–H and O–H groups in total. The molecule has 0 spiro atoms. The molecular formula is C19H22N2O4S. The van der Waals surface area contributed by atoms with Gasteiger partial charge in [0.2, 0.25) is 0 Å². The van der Waals surface area contributed by atoms with Crippen molar-refractivity contribution in [1.82, 2.24) is 0 Å². The fraction of sp³-hybridized carbons (Fsp3) is 0.316. The highest BCUT2D eigenvalue weighted by molar-refractivity contribution is 7.92. The van der Waals surface area contributed by atoms with Crippen LogP contribution in [-0.2, 0) is 10.0 Å². The maximum atomic E-state index is 12.5. The molecule has 2 aromatic rings. The van der Waals surface area contributed by atoms with Crippen molar-refractivity contribution >= 4 is 27.4 Å². The van der Waals surface area contributed by atoms with Crippen LogP contribution < -0.4 is 9.62 Å². The third kappa shape index (κ3) is 4.16. The first-order valence-corrected chi connectivity index (χ1v) is 10.2. The number of benzene rings is 2. The summed E-state index contributed by atoms with van der Waals surface area (Å²) in [6.45, 7) is 1.77. The summed E-state index contributed by atoms with van der Waals surface area (Å²) in [7, 11) is -3.84. The van der Waals surface area contributed by atoms with Crippen molar-refractivity contribution in [2.45, 2.75) is 30.6 Å². The molecule has 0 atom stereocenters. The van der Waals surface area contributed by atoms with Crippen LogP contribution in [-0.4, -0.2) is 32.6 Å². The summed E-state index contributed by atoms with van der Waals surface area (Å²) in [6.07, 6.45) is 4.50. The number of nitrogens with one attached hydrogen (secondary N) is 1. The van der Waals surface area contributed by atoms with Crippen LogP contribution in [0.5, 0.6) is 0 Å². The summed E-state index contributed by atoms with van der Waals surface area (Å²) < 4.78 is 27.4. The Morgan fingerprint density at radius 1 is 0.962 bits per heavy atom. The molecule has 7 heteroatoms. The topological polar surface area (TPSA) is 86.7 Å². The lowest BCUT2D eigenvalue weighted by molar-refractivity contribution is 0.0698. The van der Waals surface area contributed by atoms with Crippen LogP contribution in [0, 0.1) is 0 Å². The van der Waals surface area contributed by atoms with E-state index in [2.05, 4.69) is 9.62 Å². The van der Waals surface area contributed by atoms with Crippen molar-refractivity contribution in [2.75, 3.05) is 22.7 Å². The van der Waals surface area contributed by atoms with Crippen LogP contribution in [0.15, 0.2) is 53.4 Å². The number of anilines is 2. The monoisotopic (exact) mass is 374 g/mol. The number of carbonyl (C=O) groups is 1. The lowest BCUT2D eigenvalue weighted by Gasteiger charge is -2.23. The third-order valence-electron chi connectivity index (χ3n) is 4.50. The molecule has 0 unspecified atom stereocenters. The van der Waals surface area contributed by atoms with E-state index in [9.17, 15) is 18.3 Å². The average molecular weight is 374 g/mol. The first kappa shape index (κ1) is 18.3. The Morgan fingerprint density at radius 3 is 2.23 bits per heavy atom. The quantitative estimate of drug-likeness (QED) is 0.835. The van der Waals surface area contributed by atoms with Crippen molar-refractivity contribution in [3.63, 3.8) is 0 Å². The zero-order valence-electron chi connectivity index (χ0n) is 14.4. The summed E-state index contributed by atoms with van der Waals surface area (Å²) in [6, 6.07) is 12.8. The summed E-state index contributed by atoms with van der Waals surface area (Å²) >= 11 is 0. The molecule has 0 aromatic heterocycles. The molecule has 6 nitrogen and oxygen atoms in total. The lowest BCUT2D eigenvalue weighted by Crippen LogP contribution is -2.24. The number of aromatic carboxylic acids is 1. The number of hydrogen-bond donors (Lipinski definition) is 2. The number of carboxylic acid groups (broad SMARTS) is 1. The number of rotatable bonds is 5. The minimum Gasteiger partial charge on any atom is -0.478 e. The maximum Gasteiger partial charge on any atom is 0.337 e. The average Bonchev–Trinajstić information content (AvgIpc) is 2.92. The second kappa shape index (κ2) is 7.78. The minimum atomic E-state index is -3.84. The Balaban J connectivity index is 1.91. The maximum absolute atomic E-state index is 12.5. The van der Waals surface area contributed by atoms with Crippen LogP contribution in [0.2, 0.25) is 0 Å². The summed E-state index contributed by atoms with van der Waals surface area (Å²) in [5.41, 5.74) is 0.832. The Hall–Kier alpha value is -2.54. The standard InChI is InChI=1S/C19H22N2O4S/c22-19(23)17-14-15(21-12-6-1-2-7-13-21)10-11-18(17)20-26(24,25)16-8-4-3-5-9-16/h3-5,8-11,14,20H,1-2,6-7,12-13H2,(H,22,23). The van der Waals surface area contributed by atoms with E-state index in [1.54, 1.807) is 30.3 Å². The van der Waals surface area contributed by atoms with Gasteiger partial charge < -0.3 is 10.0 Å². The van der Waals surface area contributed by atoms with Gasteiger partial charge in [0, 0.05) is 18.8 Å². The van der Waals surface area contributed by atoms with Gasteiger partial charge in [-0.25, -0.2) is 13.2 Å². The van der Waals surface area contributed by atoms with E-state index in [1.165, 1.54) is 31.0 Å². The molecular weight excluding hydrogens is 352 g/mol. The van der Waals surface area contributed by atoms with E-state index in [0.717, 1.165) is 31.6 Å². The first-order valence-electron chi connectivity index (χ1n) is 8.67. The number of nitrogens with zero attached hydrogens (tertiary/aromatic N) is 1. The van der Waals surface area contributed by atoms with Crippen molar-refractivity contribution < 1.29 is 18.3 Å². The molecule has 1 aliphatic rings. The predicted molar refractivity (Wildman–Crippen MR) is 101 cm³/mol. The second-order valence-electron chi connectivity index (χ2n) is 6.35. The molecule has 26 heavy (non-hydrogen) atoms. The van der Waals surface area contributed by atoms with Crippen LogP contribution in [0.3, 0.4) is 0 Å². The van der Waals surface area contributed by atoms with Gasteiger partial charge in [-0.15, -0.1) is 0 Å². The Morgan fingerprint density at radius 2 is 1.62 bits per heavy atom. The highest BCUT2D eigenvalue weighted by Crippen LogP contribution is 2.27. The molecule has 138 valence electrons. The van der Waals surface area contributed by atoms with Gasteiger partial charge in [0.25, 0.3) is 10.0 Å². The largest absolute Gasteiger partial charge is 0.478 e. The van der Waals surface area contributed by atoms with Gasteiger partial charge in [0.05, 0.1) is 16.1 Å². The summed E-state index contributed by atoms with van der Waals surface area (Å²) in [5.74, 6) is -1.16. The molecule has 2 aromatic carbocycles. The van der Waals surface area contributed by atoms with Gasteiger partial charge in [-0.1, -0.05) is 31.0 Å². The summed E-state index contributed by atoms with van der Waals surface area (Å²) in [4.78, 5) is 13.9. The summed E-state index contributed by atoms with van der Waals surface area (Å²) in [5, 5.41) is 9.56. The van der Waals surface area contributed by atoms with Gasteiger partial charge in [-0.3, -0.25) is 4.72 Å². The number of carboxylic acids is 1. The third-order valence-corrected chi connectivity index (χ3v) is 5.88. The lowest BCUT2D eigenvalue weighted by atomic mass is 10.1. The molecule has 1 aliphatic heterocycles. The molecule has 0 saturated carbocycles. The van der Waals surface area contributed by atoms with Gasteiger partial charge in [0.15, 0.2) is 0 Å².